The van der Waals surface area contributed by atoms with Crippen molar-refractivity contribution in [2.75, 3.05) is 54.6 Å². The molecule has 0 saturated heterocycles. The van der Waals surface area contributed by atoms with Crippen molar-refractivity contribution in [3.05, 3.63) is 47.5 Å². The second-order valence-electron chi connectivity index (χ2n) is 8.72. The molecule has 0 radical (unpaired) electrons. The van der Waals surface area contributed by atoms with Crippen molar-refractivity contribution in [2.24, 2.45) is 0 Å². The lowest BCUT2D eigenvalue weighted by Crippen LogP contribution is -2.84. The Labute approximate surface area is 234 Å². The standard InChI is InChI=1S/C29H39N3O8/c1-37-22-16-20(17-23(38-2)28(22)35)8-10-26(33)31-14-6-5-12-30-13-7-15-32-27(34)11-9-21-18-24(39-3)29(36)25(19-21)40-4/h8-11,16-19,30,35-36H,5-7,12-15H2,1-4H3,(H,31,33)(H,32,34)/p+1/b10-8+,11-9+. The predicted molar refractivity (Wildman–Crippen MR) is 152 cm³/mol. The number of nitrogens with two attached hydrogens (primary N) is 1. The van der Waals surface area contributed by atoms with Gasteiger partial charge in [-0.1, -0.05) is 0 Å². The van der Waals surface area contributed by atoms with Crippen molar-refractivity contribution >= 4 is 24.0 Å². The smallest absolute Gasteiger partial charge is 0.244 e. The molecule has 0 saturated carbocycles. The van der Waals surface area contributed by atoms with E-state index in [1.54, 1.807) is 36.4 Å². The van der Waals surface area contributed by atoms with Gasteiger partial charge < -0.3 is 45.1 Å². The van der Waals surface area contributed by atoms with E-state index in [0.717, 1.165) is 32.4 Å². The molecule has 2 aromatic carbocycles. The fraction of sp³-hybridized carbons (Fsp3) is 0.379. The summed E-state index contributed by atoms with van der Waals surface area (Å²) in [5.41, 5.74) is 1.34. The third kappa shape index (κ3) is 10.4. The zero-order valence-corrected chi connectivity index (χ0v) is 23.5. The average molecular weight is 559 g/mol. The van der Waals surface area contributed by atoms with Crippen LogP contribution in [-0.4, -0.2) is 76.6 Å². The first-order valence-corrected chi connectivity index (χ1v) is 13.0. The van der Waals surface area contributed by atoms with Gasteiger partial charge in [-0.2, -0.15) is 0 Å². The SMILES string of the molecule is COc1cc(/C=C/C(=O)NCCCC[NH2+]CCCNC(=O)/C=C/c2cc(OC)c(O)c(OC)c2)cc(OC)c1O. The number of methoxy groups -OCH3 is 4. The topological polar surface area (TPSA) is 152 Å². The number of hydrogen-bond acceptors (Lipinski definition) is 8. The third-order valence-corrected chi connectivity index (χ3v) is 5.88. The van der Waals surface area contributed by atoms with Crippen molar-refractivity contribution in [3.63, 3.8) is 0 Å². The lowest BCUT2D eigenvalue weighted by atomic mass is 10.1. The van der Waals surface area contributed by atoms with Crippen molar-refractivity contribution in [3.8, 4) is 34.5 Å². The number of unbranched alkanes of at least 4 members (excludes halogenated alkanes) is 1. The minimum Gasteiger partial charge on any atom is -0.502 e. The minimum atomic E-state index is -0.209. The van der Waals surface area contributed by atoms with Crippen molar-refractivity contribution in [1.82, 2.24) is 10.6 Å². The summed E-state index contributed by atoms with van der Waals surface area (Å²) >= 11 is 0. The number of benzene rings is 2. The zero-order chi connectivity index (χ0) is 29.3. The summed E-state index contributed by atoms with van der Waals surface area (Å²) in [4.78, 5) is 24.1. The number of nitrogens with one attached hydrogen (secondary N) is 2. The van der Waals surface area contributed by atoms with Crippen molar-refractivity contribution in [1.29, 1.82) is 0 Å². The van der Waals surface area contributed by atoms with Crippen LogP contribution in [0.2, 0.25) is 0 Å². The molecule has 2 aromatic rings. The number of quaternary nitrogens is 1. The van der Waals surface area contributed by atoms with Crippen molar-refractivity contribution < 1.29 is 44.1 Å². The number of hydrogen-bond donors (Lipinski definition) is 5. The Hall–Kier alpha value is -4.38. The number of ether oxygens (including phenoxy) is 4. The maximum atomic E-state index is 12.1. The molecule has 2 amide bonds. The maximum absolute atomic E-state index is 12.1. The van der Waals surface area contributed by atoms with Gasteiger partial charge in [0, 0.05) is 31.7 Å². The van der Waals surface area contributed by atoms with Gasteiger partial charge in [-0.15, -0.1) is 0 Å². The van der Waals surface area contributed by atoms with Gasteiger partial charge in [-0.05, 0) is 60.4 Å². The van der Waals surface area contributed by atoms with Gasteiger partial charge in [0.15, 0.2) is 23.0 Å². The summed E-state index contributed by atoms with van der Waals surface area (Å²) in [6, 6.07) is 6.47. The van der Waals surface area contributed by atoms with Crippen LogP contribution < -0.4 is 34.9 Å². The monoisotopic (exact) mass is 558 g/mol. The van der Waals surface area contributed by atoms with Crippen LogP contribution in [0.1, 0.15) is 30.4 Å². The Bertz CT molecular complexity index is 1040. The highest BCUT2D eigenvalue weighted by Gasteiger charge is 2.11. The van der Waals surface area contributed by atoms with E-state index >= 15 is 0 Å². The number of phenolic OH excluding ortho intramolecular Hbond substituents is 2. The molecule has 2 rings (SSSR count). The van der Waals surface area contributed by atoms with Crippen LogP contribution in [0.4, 0.5) is 0 Å². The van der Waals surface area contributed by atoms with Crippen LogP contribution >= 0.6 is 0 Å². The molecule has 11 heteroatoms. The summed E-state index contributed by atoms with van der Waals surface area (Å²) in [6.07, 6.45) is 8.74. The molecule has 0 aliphatic rings. The highest BCUT2D eigenvalue weighted by molar-refractivity contribution is 5.92. The van der Waals surface area contributed by atoms with Gasteiger partial charge in [0.1, 0.15) is 0 Å². The molecule has 0 aliphatic heterocycles. The third-order valence-electron chi connectivity index (χ3n) is 5.88. The molecule has 0 bridgehead atoms. The summed E-state index contributed by atoms with van der Waals surface area (Å²) in [7, 11) is 5.78. The predicted octanol–water partition coefficient (Wildman–Crippen LogP) is 1.82. The molecule has 6 N–H and O–H groups in total. The zero-order valence-electron chi connectivity index (χ0n) is 23.5. The highest BCUT2D eigenvalue weighted by atomic mass is 16.5. The van der Waals surface area contributed by atoms with Gasteiger partial charge >= 0.3 is 0 Å². The fourth-order valence-corrected chi connectivity index (χ4v) is 3.71. The van der Waals surface area contributed by atoms with Gasteiger partial charge in [-0.3, -0.25) is 9.59 Å². The van der Waals surface area contributed by atoms with Crippen LogP contribution in [0.25, 0.3) is 12.2 Å². The number of carbonyl (C=O) groups excluding carboxylic acids is 2. The molecule has 40 heavy (non-hydrogen) atoms. The lowest BCUT2D eigenvalue weighted by molar-refractivity contribution is -0.655. The summed E-state index contributed by atoms with van der Waals surface area (Å²) in [6.45, 7) is 2.94. The van der Waals surface area contributed by atoms with E-state index < -0.39 is 0 Å². The van der Waals surface area contributed by atoms with E-state index in [4.69, 9.17) is 18.9 Å². The van der Waals surface area contributed by atoms with Crippen LogP contribution in [0.5, 0.6) is 34.5 Å². The van der Waals surface area contributed by atoms with E-state index in [2.05, 4.69) is 16.0 Å². The van der Waals surface area contributed by atoms with E-state index in [9.17, 15) is 19.8 Å². The van der Waals surface area contributed by atoms with Crippen LogP contribution in [0, 0.1) is 0 Å². The molecule has 0 atom stereocenters. The normalized spacial score (nSPS) is 11.0. The largest absolute Gasteiger partial charge is 0.502 e. The molecule has 0 unspecified atom stereocenters. The van der Waals surface area contributed by atoms with Gasteiger partial charge in [0.25, 0.3) is 0 Å². The molecular formula is C29H40N3O8+. The Balaban J connectivity index is 1.56. The van der Waals surface area contributed by atoms with E-state index in [0.29, 0.717) is 24.2 Å². The summed E-state index contributed by atoms with van der Waals surface area (Å²) in [5, 5.41) is 27.8. The first kappa shape index (κ1) is 31.8. The number of aromatic hydroxyl groups is 2. The van der Waals surface area contributed by atoms with E-state index in [1.807, 2.05) is 0 Å². The number of carbonyl (C=O) groups is 2. The highest BCUT2D eigenvalue weighted by Crippen LogP contribution is 2.38. The molecule has 11 nitrogen and oxygen atoms in total. The minimum absolute atomic E-state index is 0.0874. The molecule has 0 spiro atoms. The summed E-state index contributed by atoms with van der Waals surface area (Å²) in [5.74, 6) is 0.477. The summed E-state index contributed by atoms with van der Waals surface area (Å²) < 4.78 is 20.5. The first-order valence-electron chi connectivity index (χ1n) is 13.0. The number of phenols is 2. The quantitative estimate of drug-likeness (QED) is 0.146. The average Bonchev–Trinajstić information content (AvgIpc) is 2.96. The van der Waals surface area contributed by atoms with Crippen molar-refractivity contribution in [2.45, 2.75) is 19.3 Å². The van der Waals surface area contributed by atoms with Crippen LogP contribution in [0.3, 0.4) is 0 Å². The van der Waals surface area contributed by atoms with Crippen LogP contribution in [-0.2, 0) is 9.59 Å². The molecule has 0 heterocycles. The first-order chi connectivity index (χ1) is 19.3. The Kier molecular flexibility index (Phi) is 13.7. The number of amides is 2. The van der Waals surface area contributed by atoms with E-state index in [1.165, 1.54) is 40.6 Å². The van der Waals surface area contributed by atoms with E-state index in [-0.39, 0.29) is 46.3 Å². The fourth-order valence-electron chi connectivity index (χ4n) is 3.71. The molecule has 218 valence electrons. The van der Waals surface area contributed by atoms with Gasteiger partial charge in [0.05, 0.1) is 41.5 Å². The second-order valence-corrected chi connectivity index (χ2v) is 8.72. The molecule has 0 fully saturated rings. The maximum Gasteiger partial charge on any atom is 0.244 e. The molecular weight excluding hydrogens is 518 g/mol. The second kappa shape index (κ2) is 17.3. The Morgan fingerprint density at radius 1 is 0.675 bits per heavy atom. The lowest BCUT2D eigenvalue weighted by Gasteiger charge is -2.09. The van der Waals surface area contributed by atoms with Gasteiger partial charge in [0.2, 0.25) is 23.3 Å². The molecule has 0 aromatic heterocycles. The Morgan fingerprint density at radius 2 is 1.05 bits per heavy atom. The van der Waals surface area contributed by atoms with Crippen LogP contribution in [0.15, 0.2) is 36.4 Å². The number of rotatable bonds is 17. The Morgan fingerprint density at radius 3 is 1.45 bits per heavy atom. The molecule has 0 aliphatic carbocycles. The van der Waals surface area contributed by atoms with Gasteiger partial charge in [-0.25, -0.2) is 0 Å².